The molecule has 1 amide bonds. The molecule has 1 aromatic carbocycles. The number of benzene rings is 1. The van der Waals surface area contributed by atoms with E-state index in [4.69, 9.17) is 9.90 Å². The molecule has 4 rings (SSSR count). The van der Waals surface area contributed by atoms with Crippen molar-refractivity contribution in [1.82, 2.24) is 4.90 Å². The van der Waals surface area contributed by atoms with Crippen LogP contribution in [0.5, 0.6) is 0 Å². The van der Waals surface area contributed by atoms with Crippen molar-refractivity contribution < 1.29 is 27.9 Å². The van der Waals surface area contributed by atoms with Crippen molar-refractivity contribution in [3.8, 4) is 0 Å². The summed E-state index contributed by atoms with van der Waals surface area (Å²) < 4.78 is 31.7. The quantitative estimate of drug-likeness (QED) is 0.840. The second-order valence-electron chi connectivity index (χ2n) is 7.17. The number of nitrogens with zero attached hydrogens (tertiary/aromatic N) is 1. The Bertz CT molecular complexity index is 703. The molecule has 0 radical (unpaired) electrons. The van der Waals surface area contributed by atoms with Crippen LogP contribution in [-0.4, -0.2) is 47.7 Å². The van der Waals surface area contributed by atoms with Crippen molar-refractivity contribution >= 4 is 17.6 Å². The van der Waals surface area contributed by atoms with Crippen LogP contribution in [0.1, 0.15) is 31.2 Å². The van der Waals surface area contributed by atoms with E-state index in [1.165, 1.54) is 31.4 Å². The second kappa shape index (κ2) is 6.90. The first-order valence-corrected chi connectivity index (χ1v) is 8.66. The van der Waals surface area contributed by atoms with Gasteiger partial charge in [-0.1, -0.05) is 24.6 Å². The third kappa shape index (κ3) is 3.56. The maximum Gasteiger partial charge on any atom is 0.490 e. The van der Waals surface area contributed by atoms with Crippen LogP contribution in [0.2, 0.25) is 0 Å². The lowest BCUT2D eigenvalue weighted by molar-refractivity contribution is -0.192. The summed E-state index contributed by atoms with van der Waals surface area (Å²) in [6.45, 7) is 3.17. The minimum atomic E-state index is -5.08. The van der Waals surface area contributed by atoms with E-state index in [0.29, 0.717) is 0 Å². The molecule has 2 aliphatic heterocycles. The molecule has 1 aliphatic carbocycles. The smallest absolute Gasteiger partial charge is 0.475 e. The zero-order valence-electron chi connectivity index (χ0n) is 14.2. The van der Waals surface area contributed by atoms with E-state index in [0.717, 1.165) is 31.1 Å². The molecule has 2 heterocycles. The van der Waals surface area contributed by atoms with Crippen molar-refractivity contribution in [3.05, 3.63) is 29.8 Å². The number of rotatable bonds is 2. The third-order valence-electron chi connectivity index (χ3n) is 5.46. The van der Waals surface area contributed by atoms with Gasteiger partial charge in [0, 0.05) is 18.8 Å². The topological polar surface area (TPSA) is 69.6 Å². The summed E-state index contributed by atoms with van der Waals surface area (Å²) in [4.78, 5) is 23.8. The van der Waals surface area contributed by atoms with Crippen LogP contribution in [0.25, 0.3) is 0 Å². The first kappa shape index (κ1) is 18.7. The van der Waals surface area contributed by atoms with Gasteiger partial charge in [0.05, 0.1) is 5.41 Å². The van der Waals surface area contributed by atoms with Crippen molar-refractivity contribution in [3.63, 3.8) is 0 Å². The maximum atomic E-state index is 12.4. The fourth-order valence-corrected chi connectivity index (χ4v) is 3.86. The summed E-state index contributed by atoms with van der Waals surface area (Å²) in [6, 6.07) is 8.20. The van der Waals surface area contributed by atoms with E-state index in [-0.39, 0.29) is 11.3 Å². The molecule has 1 saturated carbocycles. The molecule has 1 aromatic rings. The molecule has 0 bridgehead atoms. The van der Waals surface area contributed by atoms with Gasteiger partial charge in [-0.25, -0.2) is 4.79 Å². The number of hydrogen-bond acceptors (Lipinski definition) is 3. The molecule has 0 aromatic heterocycles. The molecule has 1 saturated heterocycles. The van der Waals surface area contributed by atoms with E-state index < -0.39 is 12.1 Å². The van der Waals surface area contributed by atoms with Gasteiger partial charge in [-0.2, -0.15) is 13.2 Å². The minimum Gasteiger partial charge on any atom is -0.475 e. The Kier molecular flexibility index (Phi) is 4.96. The molecule has 1 unspecified atom stereocenters. The number of carbonyl (C=O) groups is 2. The van der Waals surface area contributed by atoms with Gasteiger partial charge in [0.2, 0.25) is 5.91 Å². The Labute approximate surface area is 149 Å². The van der Waals surface area contributed by atoms with Crippen LogP contribution in [-0.2, 0) is 15.0 Å². The zero-order chi connectivity index (χ0) is 18.9. The number of fused-ring (bicyclic) bond motifs is 2. The molecule has 8 heteroatoms. The van der Waals surface area contributed by atoms with Crippen molar-refractivity contribution in [2.75, 3.05) is 25.0 Å². The molecule has 3 aliphatic rings. The summed E-state index contributed by atoms with van der Waals surface area (Å²) >= 11 is 0. The Balaban J connectivity index is 0.000000242. The fourth-order valence-electron chi connectivity index (χ4n) is 3.86. The van der Waals surface area contributed by atoms with Gasteiger partial charge >= 0.3 is 12.1 Å². The Morgan fingerprint density at radius 2 is 1.96 bits per heavy atom. The average molecular weight is 370 g/mol. The van der Waals surface area contributed by atoms with Crippen LogP contribution >= 0.6 is 0 Å². The third-order valence-corrected chi connectivity index (χ3v) is 5.46. The van der Waals surface area contributed by atoms with E-state index in [2.05, 4.69) is 22.3 Å². The number of carbonyl (C=O) groups excluding carboxylic acids is 1. The number of anilines is 1. The van der Waals surface area contributed by atoms with Crippen LogP contribution in [0.3, 0.4) is 0 Å². The SMILES string of the molecule is O=C(O)C(F)(F)F.O=C1Nc2ccccc2C12CCN(CC1CCC1)C2. The average Bonchev–Trinajstić information content (AvgIpc) is 3.07. The molecule has 1 atom stereocenters. The van der Waals surface area contributed by atoms with Crippen LogP contribution in [0.4, 0.5) is 18.9 Å². The fraction of sp³-hybridized carbons (Fsp3) is 0.556. The summed E-state index contributed by atoms with van der Waals surface area (Å²) in [7, 11) is 0. The number of nitrogens with one attached hydrogen (secondary N) is 1. The summed E-state index contributed by atoms with van der Waals surface area (Å²) in [5, 5.41) is 10.2. The highest BCUT2D eigenvalue weighted by Crippen LogP contribution is 2.44. The predicted octanol–water partition coefficient (Wildman–Crippen LogP) is 3.02. The number of para-hydroxylation sites is 1. The zero-order valence-corrected chi connectivity index (χ0v) is 14.2. The van der Waals surface area contributed by atoms with E-state index in [9.17, 15) is 18.0 Å². The van der Waals surface area contributed by atoms with E-state index in [1.54, 1.807) is 0 Å². The predicted molar refractivity (Wildman–Crippen MR) is 88.8 cm³/mol. The monoisotopic (exact) mass is 370 g/mol. The lowest BCUT2D eigenvalue weighted by atomic mass is 9.81. The number of amides is 1. The van der Waals surface area contributed by atoms with Crippen molar-refractivity contribution in [2.24, 2.45) is 5.92 Å². The molecule has 142 valence electrons. The molecule has 5 nitrogen and oxygen atoms in total. The Morgan fingerprint density at radius 3 is 2.54 bits per heavy atom. The number of carboxylic acid groups (broad SMARTS) is 1. The number of hydrogen-bond donors (Lipinski definition) is 2. The molecule has 2 N–H and O–H groups in total. The number of alkyl halides is 3. The van der Waals surface area contributed by atoms with Gasteiger partial charge in [-0.05, 0) is 43.4 Å². The Hall–Kier alpha value is -2.09. The molecule has 2 fully saturated rings. The van der Waals surface area contributed by atoms with Gasteiger partial charge in [0.25, 0.3) is 0 Å². The first-order chi connectivity index (χ1) is 12.2. The summed E-state index contributed by atoms with van der Waals surface area (Å²) in [5.41, 5.74) is 1.98. The normalized spacial score (nSPS) is 25.3. The van der Waals surface area contributed by atoms with Gasteiger partial charge < -0.3 is 15.3 Å². The minimum absolute atomic E-state index is 0.213. The first-order valence-electron chi connectivity index (χ1n) is 8.66. The Morgan fingerprint density at radius 1 is 1.31 bits per heavy atom. The van der Waals surface area contributed by atoms with Crippen molar-refractivity contribution in [2.45, 2.75) is 37.3 Å². The molecular formula is C18H21F3N2O3. The van der Waals surface area contributed by atoms with Crippen LogP contribution < -0.4 is 5.32 Å². The maximum absolute atomic E-state index is 12.4. The summed E-state index contributed by atoms with van der Waals surface area (Å²) in [6.07, 6.45) is 0.0497. The highest BCUT2D eigenvalue weighted by atomic mass is 19.4. The number of likely N-dealkylation sites (tertiary alicyclic amines) is 1. The van der Waals surface area contributed by atoms with Gasteiger partial charge in [0.15, 0.2) is 0 Å². The lowest BCUT2D eigenvalue weighted by Gasteiger charge is -2.30. The van der Waals surface area contributed by atoms with Crippen LogP contribution in [0, 0.1) is 5.92 Å². The lowest BCUT2D eigenvalue weighted by Crippen LogP contribution is -2.39. The second-order valence-corrected chi connectivity index (χ2v) is 7.17. The largest absolute Gasteiger partial charge is 0.490 e. The van der Waals surface area contributed by atoms with Gasteiger partial charge in [0.1, 0.15) is 0 Å². The van der Waals surface area contributed by atoms with Crippen LogP contribution in [0.15, 0.2) is 24.3 Å². The standard InChI is InChI=1S/C16H20N2O.C2HF3O2/c19-15-16(13-6-1-2-7-14(13)17-15)8-9-18(11-16)10-12-4-3-5-12;3-2(4,5)1(6)7/h1-2,6-7,12H,3-5,8-11H2,(H,17,19);(H,6,7). The molecule has 26 heavy (non-hydrogen) atoms. The van der Waals surface area contributed by atoms with E-state index >= 15 is 0 Å². The molecular weight excluding hydrogens is 349 g/mol. The van der Waals surface area contributed by atoms with Crippen molar-refractivity contribution in [1.29, 1.82) is 0 Å². The number of carboxylic acids is 1. The molecule has 1 spiro atoms. The highest BCUT2D eigenvalue weighted by molar-refractivity contribution is 6.06. The highest BCUT2D eigenvalue weighted by Gasteiger charge is 2.51. The number of halogens is 3. The van der Waals surface area contributed by atoms with Gasteiger partial charge in [-0.3, -0.25) is 4.79 Å². The summed E-state index contributed by atoms with van der Waals surface area (Å²) in [5.74, 6) is -1.66. The van der Waals surface area contributed by atoms with E-state index in [1.807, 2.05) is 12.1 Å². The van der Waals surface area contributed by atoms with Gasteiger partial charge in [-0.15, -0.1) is 0 Å². The number of aliphatic carboxylic acids is 1.